The van der Waals surface area contributed by atoms with Crippen molar-refractivity contribution in [1.29, 1.82) is 0 Å². The summed E-state index contributed by atoms with van der Waals surface area (Å²) in [6.45, 7) is 4.23. The normalized spacial score (nSPS) is 11.5. The van der Waals surface area contributed by atoms with Crippen LogP contribution in [0.4, 0.5) is 0 Å². The Kier molecular flexibility index (Phi) is 2.73. The van der Waals surface area contributed by atoms with Gasteiger partial charge in [0.05, 0.1) is 0 Å². The topological polar surface area (TPSA) is 9.86 Å². The summed E-state index contributed by atoms with van der Waals surface area (Å²) >= 11 is 0. The lowest BCUT2D eigenvalue weighted by Gasteiger charge is -2.01. The van der Waals surface area contributed by atoms with E-state index < -0.39 is 0 Å². The van der Waals surface area contributed by atoms with E-state index in [1.54, 1.807) is 0 Å². The maximum absolute atomic E-state index is 2.19. The van der Waals surface area contributed by atoms with Gasteiger partial charge < -0.3 is 9.13 Å². The number of aryl methyl sites for hydroxylation is 2. The average molecular weight is 214 g/mol. The zero-order chi connectivity index (χ0) is 11.7. The van der Waals surface area contributed by atoms with Gasteiger partial charge in [-0.2, -0.15) is 0 Å². The van der Waals surface area contributed by atoms with E-state index >= 15 is 0 Å². The van der Waals surface area contributed by atoms with Crippen molar-refractivity contribution in [3.8, 4) is 0 Å². The van der Waals surface area contributed by atoms with Crippen molar-refractivity contribution in [3.63, 3.8) is 0 Å². The van der Waals surface area contributed by atoms with Crippen molar-refractivity contribution in [2.24, 2.45) is 14.1 Å². The molecular weight excluding hydrogens is 196 g/mol. The first-order valence-corrected chi connectivity index (χ1v) is 5.52. The second-order valence-electron chi connectivity index (χ2n) is 4.25. The van der Waals surface area contributed by atoms with Gasteiger partial charge >= 0.3 is 0 Å². The van der Waals surface area contributed by atoms with Crippen molar-refractivity contribution in [2.75, 3.05) is 0 Å². The van der Waals surface area contributed by atoms with E-state index in [4.69, 9.17) is 0 Å². The van der Waals surface area contributed by atoms with Crippen LogP contribution in [0.1, 0.15) is 22.8 Å². The first-order chi connectivity index (χ1) is 7.59. The Labute approximate surface area is 96.8 Å². The van der Waals surface area contributed by atoms with Crippen molar-refractivity contribution >= 4 is 12.2 Å². The van der Waals surface area contributed by atoms with Crippen molar-refractivity contribution < 1.29 is 0 Å². The molecule has 0 fully saturated rings. The lowest BCUT2D eigenvalue weighted by molar-refractivity contribution is 0.867. The molecular formula is C14H18N2. The van der Waals surface area contributed by atoms with Crippen LogP contribution in [0, 0.1) is 13.8 Å². The second kappa shape index (κ2) is 4.05. The first kappa shape index (κ1) is 10.8. The highest BCUT2D eigenvalue weighted by Crippen LogP contribution is 2.12. The van der Waals surface area contributed by atoms with E-state index in [0.29, 0.717) is 0 Å². The lowest BCUT2D eigenvalue weighted by atomic mass is 10.3. The fourth-order valence-electron chi connectivity index (χ4n) is 1.77. The molecule has 0 aliphatic rings. The molecule has 2 aromatic heterocycles. The largest absolute Gasteiger partial charge is 0.348 e. The van der Waals surface area contributed by atoms with Crippen LogP contribution in [-0.2, 0) is 14.1 Å². The highest BCUT2D eigenvalue weighted by Gasteiger charge is 1.99. The molecule has 2 nitrogen and oxygen atoms in total. The third kappa shape index (κ3) is 1.83. The molecule has 16 heavy (non-hydrogen) atoms. The third-order valence-electron chi connectivity index (χ3n) is 3.25. The van der Waals surface area contributed by atoms with Crippen LogP contribution in [0.3, 0.4) is 0 Å². The highest BCUT2D eigenvalue weighted by molar-refractivity contribution is 5.67. The number of aromatic nitrogens is 2. The molecule has 2 aromatic rings. The molecule has 0 radical (unpaired) electrons. The minimum Gasteiger partial charge on any atom is -0.348 e. The molecule has 0 aromatic carbocycles. The molecule has 0 spiro atoms. The molecule has 0 saturated carbocycles. The van der Waals surface area contributed by atoms with Crippen LogP contribution in [0.2, 0.25) is 0 Å². The molecule has 0 saturated heterocycles. The van der Waals surface area contributed by atoms with Crippen molar-refractivity contribution in [2.45, 2.75) is 13.8 Å². The van der Waals surface area contributed by atoms with E-state index in [0.717, 1.165) is 0 Å². The summed E-state index contributed by atoms with van der Waals surface area (Å²) in [5, 5.41) is 0. The Hall–Kier alpha value is -1.70. The fourth-order valence-corrected chi connectivity index (χ4v) is 1.77. The Morgan fingerprint density at radius 1 is 0.750 bits per heavy atom. The highest BCUT2D eigenvalue weighted by atomic mass is 15.0. The van der Waals surface area contributed by atoms with Gasteiger partial charge in [-0.3, -0.25) is 0 Å². The zero-order valence-corrected chi connectivity index (χ0v) is 10.4. The standard InChI is InChI=1S/C14H18N2/c1-11-5-7-13(15(11)3)9-10-14-8-6-12(2)16(14)4/h5-10H,1-4H3. The molecule has 2 rings (SSSR count). The summed E-state index contributed by atoms with van der Waals surface area (Å²) in [7, 11) is 4.18. The van der Waals surface area contributed by atoms with E-state index in [1.807, 2.05) is 0 Å². The van der Waals surface area contributed by atoms with Crippen LogP contribution in [0.15, 0.2) is 24.3 Å². The summed E-state index contributed by atoms with van der Waals surface area (Å²) in [5.41, 5.74) is 5.03. The number of rotatable bonds is 2. The fraction of sp³-hybridized carbons (Fsp3) is 0.286. The third-order valence-corrected chi connectivity index (χ3v) is 3.25. The summed E-state index contributed by atoms with van der Waals surface area (Å²) in [6.07, 6.45) is 4.31. The molecule has 0 amide bonds. The van der Waals surface area contributed by atoms with Gasteiger partial charge in [-0.1, -0.05) is 0 Å². The van der Waals surface area contributed by atoms with Crippen LogP contribution >= 0.6 is 0 Å². The minimum absolute atomic E-state index is 1.23. The van der Waals surface area contributed by atoms with E-state index in [-0.39, 0.29) is 0 Å². The first-order valence-electron chi connectivity index (χ1n) is 5.52. The smallest absolute Gasteiger partial charge is 0.0406 e. The summed E-state index contributed by atoms with van der Waals surface area (Å²) in [5.74, 6) is 0. The van der Waals surface area contributed by atoms with Gasteiger partial charge in [0.15, 0.2) is 0 Å². The lowest BCUT2D eigenvalue weighted by Crippen LogP contribution is -1.94. The van der Waals surface area contributed by atoms with Gasteiger partial charge in [0.1, 0.15) is 0 Å². The molecule has 2 heterocycles. The van der Waals surface area contributed by atoms with E-state index in [2.05, 4.69) is 73.5 Å². The monoisotopic (exact) mass is 214 g/mol. The van der Waals surface area contributed by atoms with Crippen molar-refractivity contribution in [1.82, 2.24) is 9.13 Å². The molecule has 0 N–H and O–H groups in total. The number of nitrogens with zero attached hydrogens (tertiary/aromatic N) is 2. The Morgan fingerprint density at radius 2 is 1.12 bits per heavy atom. The van der Waals surface area contributed by atoms with Crippen LogP contribution in [-0.4, -0.2) is 9.13 Å². The maximum atomic E-state index is 2.19. The summed E-state index contributed by atoms with van der Waals surface area (Å²) in [4.78, 5) is 0. The molecule has 2 heteroatoms. The summed E-state index contributed by atoms with van der Waals surface area (Å²) < 4.78 is 4.37. The summed E-state index contributed by atoms with van der Waals surface area (Å²) in [6, 6.07) is 8.55. The number of hydrogen-bond acceptors (Lipinski definition) is 0. The zero-order valence-electron chi connectivity index (χ0n) is 10.4. The molecule has 0 aliphatic heterocycles. The molecule has 84 valence electrons. The predicted molar refractivity (Wildman–Crippen MR) is 69.2 cm³/mol. The Morgan fingerprint density at radius 3 is 1.38 bits per heavy atom. The average Bonchev–Trinajstić information content (AvgIpc) is 2.74. The predicted octanol–water partition coefficient (Wildman–Crippen LogP) is 3.15. The SMILES string of the molecule is Cc1ccc(C=Cc2ccc(C)n2C)n1C. The maximum Gasteiger partial charge on any atom is 0.0406 e. The van der Waals surface area contributed by atoms with Crippen LogP contribution in [0.25, 0.3) is 12.2 Å². The molecule has 0 aliphatic carbocycles. The van der Waals surface area contributed by atoms with E-state index in [9.17, 15) is 0 Å². The second-order valence-corrected chi connectivity index (χ2v) is 4.25. The quantitative estimate of drug-likeness (QED) is 0.726. The van der Waals surface area contributed by atoms with Gasteiger partial charge in [-0.25, -0.2) is 0 Å². The minimum atomic E-state index is 1.23. The van der Waals surface area contributed by atoms with Gasteiger partial charge in [0, 0.05) is 36.9 Å². The van der Waals surface area contributed by atoms with Gasteiger partial charge in [-0.15, -0.1) is 0 Å². The molecule has 0 unspecified atom stereocenters. The van der Waals surface area contributed by atoms with Crippen LogP contribution in [0.5, 0.6) is 0 Å². The number of hydrogen-bond donors (Lipinski definition) is 0. The molecule has 0 atom stereocenters. The van der Waals surface area contributed by atoms with Crippen molar-refractivity contribution in [3.05, 3.63) is 47.0 Å². The van der Waals surface area contributed by atoms with Gasteiger partial charge in [-0.05, 0) is 50.3 Å². The van der Waals surface area contributed by atoms with Crippen LogP contribution < -0.4 is 0 Å². The van der Waals surface area contributed by atoms with E-state index in [1.165, 1.54) is 22.8 Å². The van der Waals surface area contributed by atoms with Gasteiger partial charge in [0.25, 0.3) is 0 Å². The van der Waals surface area contributed by atoms with Gasteiger partial charge in [0.2, 0.25) is 0 Å². The Balaban J connectivity index is 2.28. The Bertz CT molecular complexity index is 479. The molecule has 0 bridgehead atoms.